The summed E-state index contributed by atoms with van der Waals surface area (Å²) in [6.07, 6.45) is 0.571. The van der Waals surface area contributed by atoms with Crippen LogP contribution in [0.4, 0.5) is 4.39 Å². The fraction of sp³-hybridized carbons (Fsp3) is 0.500. The molecule has 1 aromatic carbocycles. The summed E-state index contributed by atoms with van der Waals surface area (Å²) in [7, 11) is 0. The van der Waals surface area contributed by atoms with E-state index in [2.05, 4.69) is 0 Å². The fourth-order valence-corrected chi connectivity index (χ4v) is 1.66. The summed E-state index contributed by atoms with van der Waals surface area (Å²) >= 11 is 0. The molecule has 78 valence electrons. The van der Waals surface area contributed by atoms with Gasteiger partial charge in [0.25, 0.3) is 0 Å². The molecule has 0 bridgehead atoms. The van der Waals surface area contributed by atoms with Crippen molar-refractivity contribution in [1.29, 1.82) is 0 Å². The third-order valence-corrected chi connectivity index (χ3v) is 2.12. The average molecular weight is 195 g/mol. The number of halogens is 1. The Morgan fingerprint density at radius 3 is 2.36 bits per heavy atom. The molecule has 0 aliphatic heterocycles. The quantitative estimate of drug-likeness (QED) is 0.771. The first-order valence-corrected chi connectivity index (χ1v) is 4.84. The molecule has 0 aliphatic carbocycles. The Morgan fingerprint density at radius 2 is 1.86 bits per heavy atom. The molecule has 0 aromatic heterocycles. The number of nitrogens with two attached hydrogens (primary N) is 1. The van der Waals surface area contributed by atoms with Crippen LogP contribution in [0.25, 0.3) is 0 Å². The highest BCUT2D eigenvalue weighted by molar-refractivity contribution is 5.31. The van der Waals surface area contributed by atoms with Crippen LogP contribution >= 0.6 is 0 Å². The third-order valence-electron chi connectivity index (χ3n) is 2.12. The first-order valence-electron chi connectivity index (χ1n) is 4.84. The van der Waals surface area contributed by atoms with Gasteiger partial charge in [0, 0.05) is 5.54 Å². The molecule has 0 spiro atoms. The largest absolute Gasteiger partial charge is 0.325 e. The number of benzene rings is 1. The van der Waals surface area contributed by atoms with Crippen molar-refractivity contribution >= 4 is 0 Å². The lowest BCUT2D eigenvalue weighted by Crippen LogP contribution is -2.34. The first-order chi connectivity index (χ1) is 6.29. The summed E-state index contributed by atoms with van der Waals surface area (Å²) in [6.45, 7) is 7.57. The molecule has 1 nitrogen and oxygen atoms in total. The SMILES string of the molecule is Cc1cc(C)c(F)c(CC(C)(C)N)c1. The molecule has 0 saturated carbocycles. The van der Waals surface area contributed by atoms with Gasteiger partial charge in [-0.3, -0.25) is 0 Å². The minimum Gasteiger partial charge on any atom is -0.325 e. The van der Waals surface area contributed by atoms with Gasteiger partial charge in [0.05, 0.1) is 0 Å². The number of hydrogen-bond donors (Lipinski definition) is 1. The molecule has 1 aromatic rings. The summed E-state index contributed by atoms with van der Waals surface area (Å²) in [4.78, 5) is 0. The van der Waals surface area contributed by atoms with Crippen molar-refractivity contribution in [1.82, 2.24) is 0 Å². The zero-order valence-electron chi connectivity index (χ0n) is 9.32. The van der Waals surface area contributed by atoms with Crippen molar-refractivity contribution in [2.75, 3.05) is 0 Å². The summed E-state index contributed by atoms with van der Waals surface area (Å²) in [5.74, 6) is -0.117. The highest BCUT2D eigenvalue weighted by Gasteiger charge is 2.15. The van der Waals surface area contributed by atoms with Gasteiger partial charge in [-0.25, -0.2) is 4.39 Å². The molecule has 0 aliphatic rings. The fourth-order valence-electron chi connectivity index (χ4n) is 1.66. The molecule has 0 amide bonds. The molecule has 0 heterocycles. The van der Waals surface area contributed by atoms with Crippen LogP contribution in [0.5, 0.6) is 0 Å². The zero-order chi connectivity index (χ0) is 10.9. The summed E-state index contributed by atoms with van der Waals surface area (Å²) in [5.41, 5.74) is 8.01. The number of hydrogen-bond acceptors (Lipinski definition) is 1. The van der Waals surface area contributed by atoms with Crippen molar-refractivity contribution in [2.24, 2.45) is 5.73 Å². The zero-order valence-corrected chi connectivity index (χ0v) is 9.32. The minimum atomic E-state index is -0.360. The van der Waals surface area contributed by atoms with Crippen LogP contribution in [0.1, 0.15) is 30.5 Å². The molecule has 1 rings (SSSR count). The number of aryl methyl sites for hydroxylation is 2. The monoisotopic (exact) mass is 195 g/mol. The topological polar surface area (TPSA) is 26.0 Å². The van der Waals surface area contributed by atoms with Gasteiger partial charge in [0.15, 0.2) is 0 Å². The Kier molecular flexibility index (Phi) is 2.95. The molecule has 0 atom stereocenters. The molecule has 0 saturated heterocycles. The Balaban J connectivity index is 3.09. The Bertz CT molecular complexity index is 337. The van der Waals surface area contributed by atoms with Gasteiger partial charge >= 0.3 is 0 Å². The lowest BCUT2D eigenvalue weighted by atomic mass is 9.93. The standard InChI is InChI=1S/C12H18FN/c1-8-5-9(2)11(13)10(6-8)7-12(3,4)14/h5-6H,7,14H2,1-4H3. The lowest BCUT2D eigenvalue weighted by molar-refractivity contribution is 0.495. The predicted molar refractivity (Wildman–Crippen MR) is 57.8 cm³/mol. The highest BCUT2D eigenvalue weighted by Crippen LogP contribution is 2.19. The second-order valence-corrected chi connectivity index (χ2v) is 4.72. The van der Waals surface area contributed by atoms with E-state index >= 15 is 0 Å². The van der Waals surface area contributed by atoms with Crippen LogP contribution < -0.4 is 5.73 Å². The van der Waals surface area contributed by atoms with Crippen molar-refractivity contribution in [3.05, 3.63) is 34.6 Å². The van der Waals surface area contributed by atoms with Crippen LogP contribution in [0.2, 0.25) is 0 Å². The van der Waals surface area contributed by atoms with Crippen LogP contribution in [-0.2, 0) is 6.42 Å². The maximum absolute atomic E-state index is 13.7. The molecular formula is C12H18FN. The van der Waals surface area contributed by atoms with Crippen LogP contribution in [-0.4, -0.2) is 5.54 Å². The van der Waals surface area contributed by atoms with Gasteiger partial charge in [-0.2, -0.15) is 0 Å². The van der Waals surface area contributed by atoms with Crippen LogP contribution in [0.15, 0.2) is 12.1 Å². The normalized spacial score (nSPS) is 11.9. The Labute approximate surface area is 85.1 Å². The molecule has 0 unspecified atom stereocenters. The van der Waals surface area contributed by atoms with Gasteiger partial charge < -0.3 is 5.73 Å². The molecular weight excluding hydrogens is 177 g/mol. The molecule has 2 heteroatoms. The predicted octanol–water partition coefficient (Wildman–Crippen LogP) is 2.72. The first kappa shape index (κ1) is 11.2. The van der Waals surface area contributed by atoms with Crippen molar-refractivity contribution in [3.8, 4) is 0 Å². The highest BCUT2D eigenvalue weighted by atomic mass is 19.1. The van der Waals surface area contributed by atoms with E-state index in [1.807, 2.05) is 32.9 Å². The Morgan fingerprint density at radius 1 is 1.29 bits per heavy atom. The van der Waals surface area contributed by atoms with Crippen LogP contribution in [0.3, 0.4) is 0 Å². The van der Waals surface area contributed by atoms with Crippen molar-refractivity contribution in [2.45, 2.75) is 39.7 Å². The van der Waals surface area contributed by atoms with E-state index in [4.69, 9.17) is 5.73 Å². The molecule has 0 radical (unpaired) electrons. The van der Waals surface area contributed by atoms with Gasteiger partial charge in [0.1, 0.15) is 5.82 Å². The van der Waals surface area contributed by atoms with Crippen LogP contribution in [0, 0.1) is 19.7 Å². The number of rotatable bonds is 2. The smallest absolute Gasteiger partial charge is 0.129 e. The molecule has 14 heavy (non-hydrogen) atoms. The lowest BCUT2D eigenvalue weighted by Gasteiger charge is -2.19. The molecule has 2 N–H and O–H groups in total. The van der Waals surface area contributed by atoms with E-state index in [0.29, 0.717) is 12.0 Å². The van der Waals surface area contributed by atoms with Gasteiger partial charge in [-0.1, -0.05) is 17.7 Å². The third kappa shape index (κ3) is 2.81. The Hall–Kier alpha value is -0.890. The second-order valence-electron chi connectivity index (χ2n) is 4.72. The van der Waals surface area contributed by atoms with E-state index in [0.717, 1.165) is 11.1 Å². The maximum Gasteiger partial charge on any atom is 0.129 e. The van der Waals surface area contributed by atoms with Crippen molar-refractivity contribution < 1.29 is 4.39 Å². The second kappa shape index (κ2) is 3.70. The molecule has 0 fully saturated rings. The van der Waals surface area contributed by atoms with Crippen molar-refractivity contribution in [3.63, 3.8) is 0 Å². The summed E-state index contributed by atoms with van der Waals surface area (Å²) < 4.78 is 13.7. The summed E-state index contributed by atoms with van der Waals surface area (Å²) in [6, 6.07) is 3.72. The maximum atomic E-state index is 13.7. The van der Waals surface area contributed by atoms with Gasteiger partial charge in [-0.05, 0) is 45.2 Å². The average Bonchev–Trinajstić information content (AvgIpc) is 1.96. The van der Waals surface area contributed by atoms with Gasteiger partial charge in [-0.15, -0.1) is 0 Å². The van der Waals surface area contributed by atoms with E-state index < -0.39 is 0 Å². The summed E-state index contributed by atoms with van der Waals surface area (Å²) in [5, 5.41) is 0. The van der Waals surface area contributed by atoms with E-state index in [-0.39, 0.29) is 11.4 Å². The van der Waals surface area contributed by atoms with Gasteiger partial charge in [0.2, 0.25) is 0 Å². The van der Waals surface area contributed by atoms with E-state index in [1.165, 1.54) is 0 Å². The van der Waals surface area contributed by atoms with E-state index in [1.54, 1.807) is 6.92 Å². The van der Waals surface area contributed by atoms with E-state index in [9.17, 15) is 4.39 Å². The minimum absolute atomic E-state index is 0.117.